The zero-order valence-corrected chi connectivity index (χ0v) is 12.2. The van der Waals surface area contributed by atoms with Gasteiger partial charge in [-0.25, -0.2) is 0 Å². The molecule has 1 unspecified atom stereocenters. The van der Waals surface area contributed by atoms with E-state index in [-0.39, 0.29) is 0 Å². The Bertz CT molecular complexity index is 548. The maximum Gasteiger partial charge on any atom is 0.0445 e. The second kappa shape index (κ2) is 6.07. The Morgan fingerprint density at radius 1 is 1.11 bits per heavy atom. The van der Waals surface area contributed by atoms with Gasteiger partial charge in [0.15, 0.2) is 0 Å². The first kappa shape index (κ1) is 13.9. The summed E-state index contributed by atoms with van der Waals surface area (Å²) in [4.78, 5) is 2.38. The SMILES string of the molecule is CCCC(C)N(C)c1ccc(CN)c2ccccc12. The van der Waals surface area contributed by atoms with Crippen molar-refractivity contribution in [1.29, 1.82) is 0 Å². The summed E-state index contributed by atoms with van der Waals surface area (Å²) in [6.07, 6.45) is 2.42. The van der Waals surface area contributed by atoms with Crippen molar-refractivity contribution in [2.75, 3.05) is 11.9 Å². The Hall–Kier alpha value is -1.54. The fourth-order valence-electron chi connectivity index (χ4n) is 2.68. The molecule has 0 saturated carbocycles. The van der Waals surface area contributed by atoms with E-state index in [0.29, 0.717) is 12.6 Å². The van der Waals surface area contributed by atoms with Crippen molar-refractivity contribution in [2.24, 2.45) is 5.73 Å². The minimum absolute atomic E-state index is 0.553. The third kappa shape index (κ3) is 2.74. The van der Waals surface area contributed by atoms with Crippen LogP contribution in [0.2, 0.25) is 0 Å². The van der Waals surface area contributed by atoms with E-state index >= 15 is 0 Å². The average Bonchev–Trinajstić information content (AvgIpc) is 2.45. The molecule has 2 aromatic carbocycles. The fourth-order valence-corrected chi connectivity index (χ4v) is 2.68. The van der Waals surface area contributed by atoms with E-state index in [1.807, 2.05) is 0 Å². The van der Waals surface area contributed by atoms with Crippen LogP contribution in [0.25, 0.3) is 10.8 Å². The summed E-state index contributed by atoms with van der Waals surface area (Å²) in [5.41, 5.74) is 8.35. The maximum atomic E-state index is 5.84. The molecule has 0 bridgehead atoms. The molecule has 2 aromatic rings. The standard InChI is InChI=1S/C17H24N2/c1-4-7-13(2)19(3)17-11-10-14(12-18)15-8-5-6-9-16(15)17/h5-6,8-11,13H,4,7,12,18H2,1-3H3. The smallest absolute Gasteiger partial charge is 0.0445 e. The van der Waals surface area contributed by atoms with Crippen molar-refractivity contribution in [3.05, 3.63) is 42.0 Å². The lowest BCUT2D eigenvalue weighted by atomic mass is 10.0. The molecule has 1 atom stereocenters. The molecule has 102 valence electrons. The number of nitrogens with zero attached hydrogens (tertiary/aromatic N) is 1. The van der Waals surface area contributed by atoms with E-state index in [2.05, 4.69) is 62.2 Å². The number of benzene rings is 2. The molecule has 2 heteroatoms. The number of nitrogens with two attached hydrogens (primary N) is 1. The molecule has 0 saturated heterocycles. The number of rotatable bonds is 5. The van der Waals surface area contributed by atoms with Gasteiger partial charge >= 0.3 is 0 Å². The first-order valence-electron chi connectivity index (χ1n) is 7.12. The molecule has 0 aliphatic carbocycles. The molecule has 2 N–H and O–H groups in total. The van der Waals surface area contributed by atoms with Gasteiger partial charge in [-0.2, -0.15) is 0 Å². The third-order valence-corrected chi connectivity index (χ3v) is 3.96. The summed E-state index contributed by atoms with van der Waals surface area (Å²) in [6.45, 7) is 5.12. The predicted molar refractivity (Wildman–Crippen MR) is 84.6 cm³/mol. The zero-order chi connectivity index (χ0) is 13.8. The first-order valence-corrected chi connectivity index (χ1v) is 7.12. The molecule has 0 aromatic heterocycles. The Kier molecular flexibility index (Phi) is 4.43. The molecular formula is C17H24N2. The van der Waals surface area contributed by atoms with Crippen molar-refractivity contribution in [2.45, 2.75) is 39.3 Å². The first-order chi connectivity index (χ1) is 9.19. The van der Waals surface area contributed by atoms with Crippen molar-refractivity contribution in [3.8, 4) is 0 Å². The number of fused-ring (bicyclic) bond motifs is 1. The van der Waals surface area contributed by atoms with Gasteiger partial charge in [0.2, 0.25) is 0 Å². The molecule has 0 radical (unpaired) electrons. The van der Waals surface area contributed by atoms with E-state index in [4.69, 9.17) is 5.73 Å². The van der Waals surface area contributed by atoms with E-state index in [1.54, 1.807) is 0 Å². The Balaban J connectivity index is 2.50. The highest BCUT2D eigenvalue weighted by atomic mass is 15.1. The molecule has 0 aliphatic heterocycles. The highest BCUT2D eigenvalue weighted by molar-refractivity contribution is 5.96. The Labute approximate surface area is 116 Å². The number of hydrogen-bond acceptors (Lipinski definition) is 2. The van der Waals surface area contributed by atoms with Crippen LogP contribution < -0.4 is 10.6 Å². The van der Waals surface area contributed by atoms with Gasteiger partial charge in [0.1, 0.15) is 0 Å². The third-order valence-electron chi connectivity index (χ3n) is 3.96. The van der Waals surface area contributed by atoms with Crippen molar-refractivity contribution < 1.29 is 0 Å². The lowest BCUT2D eigenvalue weighted by Crippen LogP contribution is -2.28. The van der Waals surface area contributed by atoms with Crippen LogP contribution in [0, 0.1) is 0 Å². The van der Waals surface area contributed by atoms with Gasteiger partial charge in [-0.3, -0.25) is 0 Å². The zero-order valence-electron chi connectivity index (χ0n) is 12.2. The van der Waals surface area contributed by atoms with Gasteiger partial charge in [-0.05, 0) is 30.4 Å². The normalized spacial score (nSPS) is 12.6. The summed E-state index contributed by atoms with van der Waals surface area (Å²) >= 11 is 0. The summed E-state index contributed by atoms with van der Waals surface area (Å²) in [7, 11) is 2.18. The topological polar surface area (TPSA) is 29.3 Å². The van der Waals surface area contributed by atoms with Crippen LogP contribution in [0.4, 0.5) is 5.69 Å². The summed E-state index contributed by atoms with van der Waals surface area (Å²) < 4.78 is 0. The summed E-state index contributed by atoms with van der Waals surface area (Å²) in [5, 5.41) is 2.58. The minimum atomic E-state index is 0.553. The molecule has 0 amide bonds. The van der Waals surface area contributed by atoms with Gasteiger partial charge in [0.05, 0.1) is 0 Å². The molecule has 0 spiro atoms. The highest BCUT2D eigenvalue weighted by Crippen LogP contribution is 2.30. The van der Waals surface area contributed by atoms with Crippen LogP contribution in [-0.2, 0) is 6.54 Å². The fraction of sp³-hybridized carbons (Fsp3) is 0.412. The maximum absolute atomic E-state index is 5.84. The molecule has 0 heterocycles. The van der Waals surface area contributed by atoms with Crippen molar-refractivity contribution in [1.82, 2.24) is 0 Å². The minimum Gasteiger partial charge on any atom is -0.371 e. The van der Waals surface area contributed by atoms with Crippen LogP contribution in [0.1, 0.15) is 32.3 Å². The second-order valence-electron chi connectivity index (χ2n) is 5.24. The molecule has 19 heavy (non-hydrogen) atoms. The lowest BCUT2D eigenvalue weighted by Gasteiger charge is -2.28. The molecule has 2 nitrogen and oxygen atoms in total. The molecule has 0 fully saturated rings. The van der Waals surface area contributed by atoms with E-state index in [1.165, 1.54) is 34.9 Å². The highest BCUT2D eigenvalue weighted by Gasteiger charge is 2.13. The van der Waals surface area contributed by atoms with Crippen LogP contribution >= 0.6 is 0 Å². The molecular weight excluding hydrogens is 232 g/mol. The van der Waals surface area contributed by atoms with Gasteiger partial charge in [-0.15, -0.1) is 0 Å². The van der Waals surface area contributed by atoms with Crippen molar-refractivity contribution in [3.63, 3.8) is 0 Å². The monoisotopic (exact) mass is 256 g/mol. The predicted octanol–water partition coefficient (Wildman–Crippen LogP) is 3.92. The largest absolute Gasteiger partial charge is 0.371 e. The van der Waals surface area contributed by atoms with E-state index in [9.17, 15) is 0 Å². The van der Waals surface area contributed by atoms with E-state index < -0.39 is 0 Å². The van der Waals surface area contributed by atoms with Crippen LogP contribution in [0.5, 0.6) is 0 Å². The summed E-state index contributed by atoms with van der Waals surface area (Å²) in [5.74, 6) is 0. The summed E-state index contributed by atoms with van der Waals surface area (Å²) in [6, 6.07) is 13.5. The lowest BCUT2D eigenvalue weighted by molar-refractivity contribution is 0.617. The van der Waals surface area contributed by atoms with Crippen LogP contribution in [0.3, 0.4) is 0 Å². The Morgan fingerprint density at radius 2 is 1.79 bits per heavy atom. The average molecular weight is 256 g/mol. The second-order valence-corrected chi connectivity index (χ2v) is 5.24. The van der Waals surface area contributed by atoms with Gasteiger partial charge in [-0.1, -0.05) is 43.7 Å². The number of hydrogen-bond donors (Lipinski definition) is 1. The van der Waals surface area contributed by atoms with Crippen LogP contribution in [0.15, 0.2) is 36.4 Å². The molecule has 2 rings (SSSR count). The van der Waals surface area contributed by atoms with Gasteiger partial charge in [0.25, 0.3) is 0 Å². The number of anilines is 1. The van der Waals surface area contributed by atoms with E-state index in [0.717, 1.165) is 0 Å². The van der Waals surface area contributed by atoms with Crippen LogP contribution in [-0.4, -0.2) is 13.1 Å². The molecule has 0 aliphatic rings. The van der Waals surface area contributed by atoms with Gasteiger partial charge in [0, 0.05) is 30.7 Å². The Morgan fingerprint density at radius 3 is 2.42 bits per heavy atom. The van der Waals surface area contributed by atoms with Gasteiger partial charge < -0.3 is 10.6 Å². The quantitative estimate of drug-likeness (QED) is 0.878. The van der Waals surface area contributed by atoms with Crippen molar-refractivity contribution >= 4 is 16.5 Å².